The Morgan fingerprint density at radius 1 is 1.69 bits per heavy atom. The van der Waals surface area contributed by atoms with Crippen molar-refractivity contribution in [3.8, 4) is 0 Å². The third-order valence-corrected chi connectivity index (χ3v) is 3.12. The second-order valence-corrected chi connectivity index (χ2v) is 4.91. The number of hydrogen-bond donors (Lipinski definition) is 2. The van der Waals surface area contributed by atoms with Crippen LogP contribution in [0.1, 0.15) is 0 Å². The molecule has 0 aliphatic carbocycles. The summed E-state index contributed by atoms with van der Waals surface area (Å²) in [5.74, 6) is -0.00793. The third-order valence-electron chi connectivity index (χ3n) is 1.72. The Labute approximate surface area is 76.4 Å². The van der Waals surface area contributed by atoms with Gasteiger partial charge in [0, 0.05) is 18.0 Å². The van der Waals surface area contributed by atoms with E-state index in [0.29, 0.717) is 0 Å². The third kappa shape index (κ3) is 3.41. The number of aliphatic hydroxyl groups is 1. The van der Waals surface area contributed by atoms with E-state index < -0.39 is 22.6 Å². The smallest absolute Gasteiger partial charge is 0.173 e. The predicted octanol–water partition coefficient (Wildman–Crippen LogP) is -0.783. The molecule has 0 amide bonds. The van der Waals surface area contributed by atoms with Gasteiger partial charge in [-0.25, -0.2) is 12.8 Å². The first kappa shape index (κ1) is 10.6. The van der Waals surface area contributed by atoms with Crippen molar-refractivity contribution in [2.75, 3.05) is 19.0 Å². The van der Waals surface area contributed by atoms with Crippen LogP contribution in [-0.4, -0.2) is 44.6 Å². The summed E-state index contributed by atoms with van der Waals surface area (Å²) >= 11 is 0. The normalized spacial score (nSPS) is 27.7. The molecule has 0 spiro atoms. The summed E-state index contributed by atoms with van der Waals surface area (Å²) in [5, 5.41) is 12.7. The highest BCUT2D eigenvalue weighted by Crippen LogP contribution is 2.07. The van der Waals surface area contributed by atoms with Crippen LogP contribution in [0.15, 0.2) is 11.5 Å². The SMILES string of the molecule is O=S1(=O)C=CC(NCC(O)CF)C1. The van der Waals surface area contributed by atoms with Crippen LogP contribution in [-0.2, 0) is 9.84 Å². The molecule has 2 N–H and O–H groups in total. The summed E-state index contributed by atoms with van der Waals surface area (Å²) in [4.78, 5) is 0. The number of hydrogen-bond acceptors (Lipinski definition) is 4. The van der Waals surface area contributed by atoms with Crippen LogP contribution >= 0.6 is 0 Å². The van der Waals surface area contributed by atoms with Crippen molar-refractivity contribution in [2.45, 2.75) is 12.1 Å². The number of alkyl halides is 1. The molecule has 6 heteroatoms. The van der Waals surface area contributed by atoms with E-state index in [1.54, 1.807) is 0 Å². The fourth-order valence-electron chi connectivity index (χ4n) is 1.04. The quantitative estimate of drug-likeness (QED) is 0.637. The van der Waals surface area contributed by atoms with E-state index in [0.717, 1.165) is 5.41 Å². The molecule has 0 aromatic carbocycles. The number of aliphatic hydroxyl groups excluding tert-OH is 1. The molecule has 4 nitrogen and oxygen atoms in total. The lowest BCUT2D eigenvalue weighted by molar-refractivity contribution is 0.136. The van der Waals surface area contributed by atoms with Gasteiger partial charge in [0.15, 0.2) is 9.84 Å². The van der Waals surface area contributed by atoms with Gasteiger partial charge in [-0.05, 0) is 0 Å². The van der Waals surface area contributed by atoms with Crippen LogP contribution in [0.25, 0.3) is 0 Å². The van der Waals surface area contributed by atoms with Crippen molar-refractivity contribution in [3.05, 3.63) is 11.5 Å². The van der Waals surface area contributed by atoms with E-state index >= 15 is 0 Å². The van der Waals surface area contributed by atoms with Gasteiger partial charge in [0.2, 0.25) is 0 Å². The molecule has 0 saturated heterocycles. The van der Waals surface area contributed by atoms with Gasteiger partial charge in [-0.3, -0.25) is 0 Å². The van der Waals surface area contributed by atoms with Crippen LogP contribution in [0.4, 0.5) is 4.39 Å². The molecule has 2 unspecified atom stereocenters. The minimum absolute atomic E-state index is 0.00793. The Hall–Kier alpha value is -0.460. The summed E-state index contributed by atoms with van der Waals surface area (Å²) in [5.41, 5.74) is 0. The molecule has 13 heavy (non-hydrogen) atoms. The van der Waals surface area contributed by atoms with Gasteiger partial charge in [0.25, 0.3) is 0 Å². The van der Waals surface area contributed by atoms with E-state index in [-0.39, 0.29) is 18.3 Å². The number of rotatable bonds is 4. The Bertz CT molecular complexity index is 288. The van der Waals surface area contributed by atoms with Gasteiger partial charge >= 0.3 is 0 Å². The molecule has 0 saturated carbocycles. The molecular weight excluding hydrogens is 197 g/mol. The first-order chi connectivity index (χ1) is 6.03. The molecule has 76 valence electrons. The zero-order valence-corrected chi connectivity index (χ0v) is 7.80. The zero-order chi connectivity index (χ0) is 9.90. The van der Waals surface area contributed by atoms with E-state index in [4.69, 9.17) is 5.11 Å². The van der Waals surface area contributed by atoms with Crippen molar-refractivity contribution < 1.29 is 17.9 Å². The molecule has 2 atom stereocenters. The largest absolute Gasteiger partial charge is 0.389 e. The number of halogens is 1. The van der Waals surface area contributed by atoms with E-state index in [2.05, 4.69) is 5.32 Å². The second kappa shape index (κ2) is 4.17. The van der Waals surface area contributed by atoms with E-state index in [9.17, 15) is 12.8 Å². The lowest BCUT2D eigenvalue weighted by Gasteiger charge is -2.11. The lowest BCUT2D eigenvalue weighted by Crippen LogP contribution is -2.36. The van der Waals surface area contributed by atoms with E-state index in [1.807, 2.05) is 0 Å². The van der Waals surface area contributed by atoms with Crippen molar-refractivity contribution in [1.82, 2.24) is 5.32 Å². The maximum Gasteiger partial charge on any atom is 0.173 e. The second-order valence-electron chi connectivity index (χ2n) is 2.98. The fourth-order valence-corrected chi connectivity index (χ4v) is 2.31. The standard InChI is InChI=1S/C7H12FNO3S/c8-3-7(10)4-9-6-1-2-13(11,12)5-6/h1-2,6-7,9-10H,3-5H2. The summed E-state index contributed by atoms with van der Waals surface area (Å²) < 4.78 is 33.6. The minimum Gasteiger partial charge on any atom is -0.389 e. The molecule has 0 aromatic heterocycles. The Morgan fingerprint density at radius 3 is 2.85 bits per heavy atom. The molecule has 0 fully saturated rings. The summed E-state index contributed by atoms with van der Waals surface area (Å²) in [6, 6.07) is -0.300. The average molecular weight is 209 g/mol. The summed E-state index contributed by atoms with van der Waals surface area (Å²) in [6.45, 7) is -0.753. The topological polar surface area (TPSA) is 66.4 Å². The highest BCUT2D eigenvalue weighted by Gasteiger charge is 2.21. The molecule has 0 aromatic rings. The summed E-state index contributed by atoms with van der Waals surface area (Å²) in [6.07, 6.45) is 0.442. The Balaban J connectivity index is 2.30. The maximum atomic E-state index is 11.8. The summed E-state index contributed by atoms with van der Waals surface area (Å²) in [7, 11) is -3.07. The van der Waals surface area contributed by atoms with Gasteiger partial charge < -0.3 is 10.4 Å². The van der Waals surface area contributed by atoms with Crippen LogP contribution in [0, 0.1) is 0 Å². The van der Waals surface area contributed by atoms with Crippen molar-refractivity contribution in [1.29, 1.82) is 0 Å². The zero-order valence-electron chi connectivity index (χ0n) is 6.98. The maximum absolute atomic E-state index is 11.8. The molecular formula is C7H12FNO3S. The lowest BCUT2D eigenvalue weighted by atomic mass is 10.3. The van der Waals surface area contributed by atoms with Crippen LogP contribution < -0.4 is 5.32 Å². The van der Waals surface area contributed by atoms with Crippen LogP contribution in [0.2, 0.25) is 0 Å². The van der Waals surface area contributed by atoms with Gasteiger partial charge in [0.1, 0.15) is 6.67 Å². The van der Waals surface area contributed by atoms with E-state index in [1.165, 1.54) is 6.08 Å². The van der Waals surface area contributed by atoms with Gasteiger partial charge in [-0.1, -0.05) is 6.08 Å². The van der Waals surface area contributed by atoms with Gasteiger partial charge in [-0.15, -0.1) is 0 Å². The highest BCUT2D eigenvalue weighted by molar-refractivity contribution is 7.94. The monoisotopic (exact) mass is 209 g/mol. The first-order valence-corrected chi connectivity index (χ1v) is 5.63. The molecule has 0 bridgehead atoms. The van der Waals surface area contributed by atoms with Crippen LogP contribution in [0.5, 0.6) is 0 Å². The van der Waals surface area contributed by atoms with Gasteiger partial charge in [0.05, 0.1) is 11.9 Å². The Kier molecular flexibility index (Phi) is 3.40. The molecule has 1 rings (SSSR count). The van der Waals surface area contributed by atoms with Gasteiger partial charge in [-0.2, -0.15) is 0 Å². The van der Waals surface area contributed by atoms with Crippen molar-refractivity contribution in [3.63, 3.8) is 0 Å². The molecule has 1 aliphatic rings. The highest BCUT2D eigenvalue weighted by atomic mass is 32.2. The number of nitrogens with one attached hydrogen (secondary N) is 1. The fraction of sp³-hybridized carbons (Fsp3) is 0.714. The molecule has 1 heterocycles. The minimum atomic E-state index is -3.07. The average Bonchev–Trinajstić information content (AvgIpc) is 2.41. The van der Waals surface area contributed by atoms with Crippen LogP contribution in [0.3, 0.4) is 0 Å². The molecule has 0 radical (unpaired) electrons. The molecule has 1 aliphatic heterocycles. The van der Waals surface area contributed by atoms with Crippen molar-refractivity contribution in [2.24, 2.45) is 0 Å². The van der Waals surface area contributed by atoms with Crippen molar-refractivity contribution >= 4 is 9.84 Å². The Morgan fingerprint density at radius 2 is 2.38 bits per heavy atom. The predicted molar refractivity (Wildman–Crippen MR) is 46.7 cm³/mol. The number of sulfone groups is 1. The first-order valence-electron chi connectivity index (χ1n) is 3.92.